The monoisotopic (exact) mass is 222 g/mol. The van der Waals surface area contributed by atoms with Crippen LogP contribution in [-0.2, 0) is 0 Å². The molecule has 1 heterocycles. The summed E-state index contributed by atoms with van der Waals surface area (Å²) in [7, 11) is 0. The summed E-state index contributed by atoms with van der Waals surface area (Å²) < 4.78 is 0. The molecule has 0 unspecified atom stereocenters. The first kappa shape index (κ1) is 11.1. The smallest absolute Gasteiger partial charge is 0.252 e. The molecule has 1 fully saturated rings. The maximum Gasteiger partial charge on any atom is 0.252 e. The van der Waals surface area contributed by atoms with Gasteiger partial charge in [0.2, 0.25) is 0 Å². The molecule has 1 aromatic rings. The number of rotatable bonds is 5. The largest absolute Gasteiger partial charge is 0.353 e. The van der Waals surface area contributed by atoms with E-state index in [-0.39, 0.29) is 5.56 Å². The number of aromatic nitrogens is 2. The van der Waals surface area contributed by atoms with Crippen LogP contribution in [0, 0.1) is 0 Å². The minimum absolute atomic E-state index is 0.0953. The summed E-state index contributed by atoms with van der Waals surface area (Å²) in [6.45, 7) is 1.56. The van der Waals surface area contributed by atoms with Crippen LogP contribution >= 0.6 is 0 Å². The van der Waals surface area contributed by atoms with Gasteiger partial charge in [0, 0.05) is 18.7 Å². The van der Waals surface area contributed by atoms with Gasteiger partial charge in [-0.15, -0.1) is 0 Å². The van der Waals surface area contributed by atoms with Gasteiger partial charge in [-0.05, 0) is 32.2 Å². The summed E-state index contributed by atoms with van der Waals surface area (Å²) in [5, 5.41) is 0. The molecule has 3 N–H and O–H groups in total. The maximum absolute atomic E-state index is 11.3. The first-order valence-corrected chi connectivity index (χ1v) is 5.82. The Bertz CT molecular complexity index is 386. The number of aromatic amines is 1. The quantitative estimate of drug-likeness (QED) is 0.759. The van der Waals surface area contributed by atoms with Gasteiger partial charge < -0.3 is 15.6 Å². The van der Waals surface area contributed by atoms with Crippen LogP contribution in [0.5, 0.6) is 0 Å². The second kappa shape index (κ2) is 5.12. The molecule has 0 bridgehead atoms. The van der Waals surface area contributed by atoms with Gasteiger partial charge in [0.25, 0.3) is 5.56 Å². The molecule has 1 aromatic heterocycles. The van der Waals surface area contributed by atoms with E-state index in [0.717, 1.165) is 18.8 Å². The van der Waals surface area contributed by atoms with E-state index in [4.69, 9.17) is 5.73 Å². The van der Waals surface area contributed by atoms with Gasteiger partial charge in [0.1, 0.15) is 5.82 Å². The molecular weight excluding hydrogens is 204 g/mol. The highest BCUT2D eigenvalue weighted by Gasteiger charge is 2.25. The number of H-pyrrole nitrogens is 1. The highest BCUT2D eigenvalue weighted by Crippen LogP contribution is 2.27. The molecule has 1 aliphatic rings. The summed E-state index contributed by atoms with van der Waals surface area (Å²) in [5.74, 6) is 0.780. The van der Waals surface area contributed by atoms with Gasteiger partial charge in [-0.25, -0.2) is 4.98 Å². The zero-order chi connectivity index (χ0) is 11.4. The second-order valence-corrected chi connectivity index (χ2v) is 4.19. The third kappa shape index (κ3) is 2.41. The minimum Gasteiger partial charge on any atom is -0.353 e. The SMILES string of the molecule is NCCCN(c1cc(=O)[nH]cn1)C1CCC1. The lowest BCUT2D eigenvalue weighted by Gasteiger charge is -2.38. The maximum atomic E-state index is 11.3. The second-order valence-electron chi connectivity index (χ2n) is 4.19. The molecule has 0 aromatic carbocycles. The molecule has 1 aliphatic carbocycles. The summed E-state index contributed by atoms with van der Waals surface area (Å²) in [6, 6.07) is 2.11. The van der Waals surface area contributed by atoms with Crippen LogP contribution in [0.2, 0.25) is 0 Å². The first-order chi connectivity index (χ1) is 7.81. The Balaban J connectivity index is 2.13. The molecule has 0 aliphatic heterocycles. The van der Waals surface area contributed by atoms with E-state index in [2.05, 4.69) is 14.9 Å². The molecule has 0 radical (unpaired) electrons. The zero-order valence-electron chi connectivity index (χ0n) is 9.35. The summed E-state index contributed by atoms with van der Waals surface area (Å²) in [5.41, 5.74) is 5.43. The molecule has 0 amide bonds. The molecule has 88 valence electrons. The predicted molar refractivity (Wildman–Crippen MR) is 63.5 cm³/mol. The van der Waals surface area contributed by atoms with E-state index in [1.54, 1.807) is 6.07 Å². The van der Waals surface area contributed by atoms with E-state index in [1.165, 1.54) is 25.6 Å². The van der Waals surface area contributed by atoms with Crippen LogP contribution in [0.15, 0.2) is 17.2 Å². The number of nitrogens with zero attached hydrogens (tertiary/aromatic N) is 2. The third-order valence-electron chi connectivity index (χ3n) is 3.08. The average molecular weight is 222 g/mol. The first-order valence-electron chi connectivity index (χ1n) is 5.82. The normalized spacial score (nSPS) is 15.8. The van der Waals surface area contributed by atoms with Crippen molar-refractivity contribution in [2.24, 2.45) is 5.73 Å². The molecule has 0 atom stereocenters. The lowest BCUT2D eigenvalue weighted by molar-refractivity contribution is 0.382. The lowest BCUT2D eigenvalue weighted by Crippen LogP contribution is -2.42. The van der Waals surface area contributed by atoms with Crippen LogP contribution < -0.4 is 16.2 Å². The van der Waals surface area contributed by atoms with E-state index in [0.29, 0.717) is 12.6 Å². The Hall–Kier alpha value is -1.36. The molecule has 5 heteroatoms. The van der Waals surface area contributed by atoms with Crippen molar-refractivity contribution in [1.82, 2.24) is 9.97 Å². The Morgan fingerprint density at radius 1 is 1.56 bits per heavy atom. The predicted octanol–water partition coefficient (Wildman–Crippen LogP) is 0.478. The highest BCUT2D eigenvalue weighted by atomic mass is 16.1. The Labute approximate surface area is 94.7 Å². The Morgan fingerprint density at radius 2 is 2.38 bits per heavy atom. The third-order valence-corrected chi connectivity index (χ3v) is 3.08. The average Bonchev–Trinajstić information content (AvgIpc) is 2.21. The van der Waals surface area contributed by atoms with Crippen molar-refractivity contribution in [3.8, 4) is 0 Å². The van der Waals surface area contributed by atoms with Crippen molar-refractivity contribution < 1.29 is 0 Å². The summed E-state index contributed by atoms with van der Waals surface area (Å²) in [4.78, 5) is 20.2. The molecule has 1 saturated carbocycles. The van der Waals surface area contributed by atoms with Crippen molar-refractivity contribution >= 4 is 5.82 Å². The molecule has 0 saturated heterocycles. The van der Waals surface area contributed by atoms with Crippen LogP contribution in [0.4, 0.5) is 5.82 Å². The highest BCUT2D eigenvalue weighted by molar-refractivity contribution is 5.38. The van der Waals surface area contributed by atoms with Gasteiger partial charge >= 0.3 is 0 Å². The van der Waals surface area contributed by atoms with Gasteiger partial charge in [-0.1, -0.05) is 0 Å². The van der Waals surface area contributed by atoms with Crippen molar-refractivity contribution in [3.05, 3.63) is 22.7 Å². The molecule has 16 heavy (non-hydrogen) atoms. The van der Waals surface area contributed by atoms with Crippen LogP contribution in [0.25, 0.3) is 0 Å². The van der Waals surface area contributed by atoms with Gasteiger partial charge in [0.05, 0.1) is 6.33 Å². The Morgan fingerprint density at radius 3 is 2.94 bits per heavy atom. The van der Waals surface area contributed by atoms with Crippen molar-refractivity contribution in [2.45, 2.75) is 31.7 Å². The minimum atomic E-state index is -0.0953. The summed E-state index contributed by atoms with van der Waals surface area (Å²) >= 11 is 0. The number of hydrogen-bond donors (Lipinski definition) is 2. The van der Waals surface area contributed by atoms with Crippen LogP contribution in [-0.4, -0.2) is 29.1 Å². The number of nitrogens with two attached hydrogens (primary N) is 1. The Kier molecular flexibility index (Phi) is 3.56. The lowest BCUT2D eigenvalue weighted by atomic mass is 9.91. The standard InChI is InChI=1S/C11H18N4O/c12-5-2-6-15(9-3-1-4-9)10-7-11(16)14-8-13-10/h7-9H,1-6,12H2,(H,13,14,16). The molecule has 2 rings (SSSR count). The van der Waals surface area contributed by atoms with Gasteiger partial charge in [0.15, 0.2) is 0 Å². The van der Waals surface area contributed by atoms with E-state index in [1.807, 2.05) is 0 Å². The van der Waals surface area contributed by atoms with E-state index >= 15 is 0 Å². The molecule has 0 spiro atoms. The van der Waals surface area contributed by atoms with Gasteiger partial charge in [-0.3, -0.25) is 4.79 Å². The fourth-order valence-corrected chi connectivity index (χ4v) is 1.96. The van der Waals surface area contributed by atoms with E-state index in [9.17, 15) is 4.79 Å². The number of nitrogens with one attached hydrogen (secondary N) is 1. The van der Waals surface area contributed by atoms with Crippen molar-refractivity contribution in [3.63, 3.8) is 0 Å². The van der Waals surface area contributed by atoms with Gasteiger partial charge in [-0.2, -0.15) is 0 Å². The van der Waals surface area contributed by atoms with Crippen LogP contribution in [0.1, 0.15) is 25.7 Å². The zero-order valence-corrected chi connectivity index (χ0v) is 9.35. The molecular formula is C11H18N4O. The van der Waals surface area contributed by atoms with Crippen molar-refractivity contribution in [2.75, 3.05) is 18.0 Å². The molecule has 5 nitrogen and oxygen atoms in total. The number of anilines is 1. The topological polar surface area (TPSA) is 75.0 Å². The van der Waals surface area contributed by atoms with E-state index < -0.39 is 0 Å². The van der Waals surface area contributed by atoms with Crippen molar-refractivity contribution in [1.29, 1.82) is 0 Å². The fourth-order valence-electron chi connectivity index (χ4n) is 1.96. The fraction of sp³-hybridized carbons (Fsp3) is 0.636. The van der Waals surface area contributed by atoms with Crippen LogP contribution in [0.3, 0.4) is 0 Å². The summed E-state index contributed by atoms with van der Waals surface area (Å²) in [6.07, 6.45) is 6.06. The number of hydrogen-bond acceptors (Lipinski definition) is 4.